The number of hydrogen-bond acceptors (Lipinski definition) is 2. The van der Waals surface area contributed by atoms with Crippen molar-refractivity contribution in [2.45, 2.75) is 19.4 Å². The number of nitrogens with one attached hydrogen (secondary N) is 2. The molecule has 0 aliphatic carbocycles. The first-order valence-corrected chi connectivity index (χ1v) is 3.35. The predicted molar refractivity (Wildman–Crippen MR) is 35.1 cm³/mol. The summed E-state index contributed by atoms with van der Waals surface area (Å²) in [5.41, 5.74) is 0. The molecule has 0 aromatic rings. The molecule has 0 unspecified atom stereocenters. The topological polar surface area (TPSA) is 41.1 Å². The minimum atomic E-state index is 0.0787. The minimum absolute atomic E-state index is 0.0787. The molecule has 2 N–H and O–H groups in total. The number of amides is 1. The van der Waals surface area contributed by atoms with Crippen LogP contribution in [0.25, 0.3) is 0 Å². The Morgan fingerprint density at radius 2 is 2.67 bits per heavy atom. The summed E-state index contributed by atoms with van der Waals surface area (Å²) in [6.45, 7) is 3.71. The van der Waals surface area contributed by atoms with E-state index < -0.39 is 0 Å². The second kappa shape index (κ2) is 2.82. The summed E-state index contributed by atoms with van der Waals surface area (Å²) in [6, 6.07) is 0.0787. The summed E-state index contributed by atoms with van der Waals surface area (Å²) < 4.78 is 0. The van der Waals surface area contributed by atoms with Crippen LogP contribution in [0.4, 0.5) is 0 Å². The van der Waals surface area contributed by atoms with Crippen LogP contribution >= 0.6 is 0 Å². The second-order valence-electron chi connectivity index (χ2n) is 2.19. The van der Waals surface area contributed by atoms with E-state index in [-0.39, 0.29) is 11.9 Å². The molecule has 1 heterocycles. The Hall–Kier alpha value is -0.570. The molecule has 0 bridgehead atoms. The quantitative estimate of drug-likeness (QED) is 0.525. The molecular weight excluding hydrogens is 116 g/mol. The van der Waals surface area contributed by atoms with E-state index >= 15 is 0 Å². The Bertz CT molecular complexity index is 114. The van der Waals surface area contributed by atoms with E-state index in [0.717, 1.165) is 19.5 Å². The maximum atomic E-state index is 10.8. The fourth-order valence-corrected chi connectivity index (χ4v) is 1.04. The van der Waals surface area contributed by atoms with Crippen LogP contribution in [-0.2, 0) is 4.79 Å². The zero-order chi connectivity index (χ0) is 6.69. The Balaban J connectivity index is 2.31. The van der Waals surface area contributed by atoms with Crippen molar-refractivity contribution in [3.8, 4) is 0 Å². The highest BCUT2D eigenvalue weighted by Crippen LogP contribution is 1.97. The van der Waals surface area contributed by atoms with E-state index in [1.807, 2.05) is 6.92 Å². The number of carbonyl (C=O) groups is 1. The van der Waals surface area contributed by atoms with Gasteiger partial charge in [-0.25, -0.2) is 0 Å². The lowest BCUT2D eigenvalue weighted by molar-refractivity contribution is -0.120. The monoisotopic (exact) mass is 128 g/mol. The zero-order valence-corrected chi connectivity index (χ0v) is 5.61. The molecule has 1 aliphatic heterocycles. The average Bonchev–Trinajstić information content (AvgIpc) is 2.18. The van der Waals surface area contributed by atoms with E-state index in [9.17, 15) is 4.79 Å². The summed E-state index contributed by atoms with van der Waals surface area (Å²) in [6.07, 6.45) is 0.937. The summed E-state index contributed by atoms with van der Waals surface area (Å²) in [5, 5.41) is 5.84. The maximum Gasteiger partial charge on any atom is 0.237 e. The van der Waals surface area contributed by atoms with Gasteiger partial charge in [0.2, 0.25) is 5.91 Å². The number of likely N-dealkylation sites (N-methyl/N-ethyl adjacent to an activating group) is 1. The van der Waals surface area contributed by atoms with Gasteiger partial charge in [-0.05, 0) is 13.0 Å². The van der Waals surface area contributed by atoms with Crippen molar-refractivity contribution in [2.24, 2.45) is 0 Å². The molecule has 9 heavy (non-hydrogen) atoms. The molecule has 3 nitrogen and oxygen atoms in total. The number of rotatable bonds is 2. The molecule has 1 atom stereocenters. The highest BCUT2D eigenvalue weighted by Gasteiger charge is 2.21. The van der Waals surface area contributed by atoms with Gasteiger partial charge in [-0.15, -0.1) is 0 Å². The molecule has 1 saturated heterocycles. The SMILES string of the molecule is CCN[C@@H]1CCNC1=O. The summed E-state index contributed by atoms with van der Waals surface area (Å²) in [4.78, 5) is 10.8. The maximum absolute atomic E-state index is 10.8. The fraction of sp³-hybridized carbons (Fsp3) is 0.833. The first kappa shape index (κ1) is 6.55. The van der Waals surface area contributed by atoms with Crippen LogP contribution in [0.3, 0.4) is 0 Å². The molecule has 0 aromatic heterocycles. The van der Waals surface area contributed by atoms with Crippen LogP contribution in [0.5, 0.6) is 0 Å². The molecule has 1 rings (SSSR count). The molecule has 0 aromatic carbocycles. The third-order valence-electron chi connectivity index (χ3n) is 1.50. The van der Waals surface area contributed by atoms with Crippen molar-refractivity contribution in [3.63, 3.8) is 0 Å². The first-order valence-electron chi connectivity index (χ1n) is 3.35. The van der Waals surface area contributed by atoms with Gasteiger partial charge in [-0.2, -0.15) is 0 Å². The van der Waals surface area contributed by atoms with E-state index in [0.29, 0.717) is 0 Å². The van der Waals surface area contributed by atoms with Crippen molar-refractivity contribution in [1.82, 2.24) is 10.6 Å². The minimum Gasteiger partial charge on any atom is -0.355 e. The summed E-state index contributed by atoms with van der Waals surface area (Å²) in [5.74, 6) is 0.150. The third kappa shape index (κ3) is 1.42. The predicted octanol–water partition coefficient (Wildman–Crippen LogP) is -0.516. The van der Waals surface area contributed by atoms with E-state index in [4.69, 9.17) is 0 Å². The summed E-state index contributed by atoms with van der Waals surface area (Å²) >= 11 is 0. The first-order chi connectivity index (χ1) is 4.34. The standard InChI is InChI=1S/C6H12N2O/c1-2-7-5-3-4-8-6(5)9/h5,7H,2-4H2,1H3,(H,8,9)/t5-/m1/s1. The van der Waals surface area contributed by atoms with Gasteiger partial charge in [-0.1, -0.05) is 6.92 Å². The highest BCUT2D eigenvalue weighted by molar-refractivity contribution is 5.83. The zero-order valence-electron chi connectivity index (χ0n) is 5.61. The lowest BCUT2D eigenvalue weighted by atomic mass is 10.2. The van der Waals surface area contributed by atoms with Gasteiger partial charge in [-0.3, -0.25) is 4.79 Å². The molecular formula is C6H12N2O. The molecule has 3 heteroatoms. The second-order valence-corrected chi connectivity index (χ2v) is 2.19. The van der Waals surface area contributed by atoms with Gasteiger partial charge >= 0.3 is 0 Å². The molecule has 1 aliphatic rings. The van der Waals surface area contributed by atoms with Crippen LogP contribution in [0, 0.1) is 0 Å². The van der Waals surface area contributed by atoms with Crippen LogP contribution < -0.4 is 10.6 Å². The molecule has 52 valence electrons. The fourth-order valence-electron chi connectivity index (χ4n) is 1.04. The Kier molecular flexibility index (Phi) is 2.05. The Labute approximate surface area is 54.8 Å². The van der Waals surface area contributed by atoms with Crippen molar-refractivity contribution in [2.75, 3.05) is 13.1 Å². The third-order valence-corrected chi connectivity index (χ3v) is 1.50. The van der Waals surface area contributed by atoms with E-state index in [1.165, 1.54) is 0 Å². The molecule has 1 fully saturated rings. The molecule has 0 spiro atoms. The Morgan fingerprint density at radius 3 is 3.11 bits per heavy atom. The van der Waals surface area contributed by atoms with Crippen molar-refractivity contribution in [1.29, 1.82) is 0 Å². The van der Waals surface area contributed by atoms with Gasteiger partial charge in [0.25, 0.3) is 0 Å². The van der Waals surface area contributed by atoms with Gasteiger partial charge in [0, 0.05) is 6.54 Å². The molecule has 0 radical (unpaired) electrons. The average molecular weight is 128 g/mol. The van der Waals surface area contributed by atoms with Gasteiger partial charge < -0.3 is 10.6 Å². The van der Waals surface area contributed by atoms with Crippen LogP contribution in [0.2, 0.25) is 0 Å². The van der Waals surface area contributed by atoms with Gasteiger partial charge in [0.15, 0.2) is 0 Å². The lowest BCUT2D eigenvalue weighted by Crippen LogP contribution is -2.35. The van der Waals surface area contributed by atoms with Crippen LogP contribution in [-0.4, -0.2) is 25.0 Å². The van der Waals surface area contributed by atoms with Crippen molar-refractivity contribution < 1.29 is 4.79 Å². The molecule has 0 saturated carbocycles. The highest BCUT2D eigenvalue weighted by atomic mass is 16.2. The van der Waals surface area contributed by atoms with Gasteiger partial charge in [0.05, 0.1) is 6.04 Å². The molecule has 1 amide bonds. The van der Waals surface area contributed by atoms with Gasteiger partial charge in [0.1, 0.15) is 0 Å². The Morgan fingerprint density at radius 1 is 1.89 bits per heavy atom. The normalized spacial score (nSPS) is 26.3. The van der Waals surface area contributed by atoms with E-state index in [1.54, 1.807) is 0 Å². The number of hydrogen-bond donors (Lipinski definition) is 2. The summed E-state index contributed by atoms with van der Waals surface area (Å²) in [7, 11) is 0. The van der Waals surface area contributed by atoms with E-state index in [2.05, 4.69) is 10.6 Å². The van der Waals surface area contributed by atoms with Crippen molar-refractivity contribution >= 4 is 5.91 Å². The van der Waals surface area contributed by atoms with Crippen LogP contribution in [0.1, 0.15) is 13.3 Å². The number of carbonyl (C=O) groups excluding carboxylic acids is 1. The van der Waals surface area contributed by atoms with Crippen molar-refractivity contribution in [3.05, 3.63) is 0 Å². The van der Waals surface area contributed by atoms with Crippen LogP contribution in [0.15, 0.2) is 0 Å². The largest absolute Gasteiger partial charge is 0.355 e. The smallest absolute Gasteiger partial charge is 0.237 e. The lowest BCUT2D eigenvalue weighted by Gasteiger charge is -2.04.